The van der Waals surface area contributed by atoms with Crippen molar-refractivity contribution in [2.45, 2.75) is 18.0 Å². The fourth-order valence-electron chi connectivity index (χ4n) is 1.50. The highest BCUT2D eigenvalue weighted by Crippen LogP contribution is 2.30. The number of alkyl halides is 3. The van der Waals surface area contributed by atoms with Crippen LogP contribution < -0.4 is 5.32 Å². The highest BCUT2D eigenvalue weighted by atomic mass is 32.2. The average Bonchev–Trinajstić information content (AvgIpc) is 2.35. The van der Waals surface area contributed by atoms with Gasteiger partial charge in [-0.25, -0.2) is 0 Å². The lowest BCUT2D eigenvalue weighted by molar-refractivity contribution is -0.137. The van der Waals surface area contributed by atoms with E-state index in [2.05, 4.69) is 5.32 Å². The van der Waals surface area contributed by atoms with Gasteiger partial charge in [-0.1, -0.05) is 30.3 Å². The smallest absolute Gasteiger partial charge is 0.442 e. The lowest BCUT2D eigenvalue weighted by Crippen LogP contribution is -2.32. The van der Waals surface area contributed by atoms with Crippen molar-refractivity contribution in [1.29, 1.82) is 0 Å². The number of carbonyl (C=O) groups is 2. The van der Waals surface area contributed by atoms with Gasteiger partial charge in [-0.05, 0) is 17.3 Å². The second kappa shape index (κ2) is 7.18. The monoisotopic (exact) mass is 307 g/mol. The molecule has 1 atom stereocenters. The summed E-state index contributed by atoms with van der Waals surface area (Å²) in [4.78, 5) is 22.2. The summed E-state index contributed by atoms with van der Waals surface area (Å²) in [5.41, 5.74) is -3.97. The minimum atomic E-state index is -4.49. The zero-order valence-corrected chi connectivity index (χ0v) is 11.0. The summed E-state index contributed by atoms with van der Waals surface area (Å²) < 4.78 is 35.9. The Morgan fingerprint density at radius 2 is 1.85 bits per heavy atom. The highest BCUT2D eigenvalue weighted by molar-refractivity contribution is 8.00. The molecule has 0 aliphatic rings. The van der Waals surface area contributed by atoms with Crippen molar-refractivity contribution in [2.24, 2.45) is 0 Å². The first-order chi connectivity index (χ1) is 9.28. The Balaban J connectivity index is 2.66. The van der Waals surface area contributed by atoms with E-state index in [0.717, 1.165) is 0 Å². The van der Waals surface area contributed by atoms with Gasteiger partial charge >= 0.3 is 11.5 Å². The second-order valence-corrected chi connectivity index (χ2v) is 4.90. The van der Waals surface area contributed by atoms with E-state index in [9.17, 15) is 22.8 Å². The Morgan fingerprint density at radius 3 is 2.35 bits per heavy atom. The predicted octanol–water partition coefficient (Wildman–Crippen LogP) is 2.57. The Kier molecular flexibility index (Phi) is 5.87. The number of amides is 1. The lowest BCUT2D eigenvalue weighted by Gasteiger charge is -2.17. The molecule has 1 amide bonds. The van der Waals surface area contributed by atoms with Gasteiger partial charge in [0.1, 0.15) is 0 Å². The molecule has 110 valence electrons. The largest absolute Gasteiger partial charge is 0.481 e. The van der Waals surface area contributed by atoms with Crippen molar-refractivity contribution in [3.05, 3.63) is 35.9 Å². The van der Waals surface area contributed by atoms with Crippen LogP contribution >= 0.6 is 11.8 Å². The van der Waals surface area contributed by atoms with Crippen LogP contribution in [-0.4, -0.2) is 28.2 Å². The number of carbonyl (C=O) groups excluding carboxylic acids is 1. The quantitative estimate of drug-likeness (QED) is 0.847. The summed E-state index contributed by atoms with van der Waals surface area (Å²) in [5, 5.41) is 11.1. The lowest BCUT2D eigenvalue weighted by atomic mass is 10.0. The normalized spacial score (nSPS) is 12.8. The number of aliphatic carboxylic acids is 1. The molecule has 0 radical (unpaired) electrons. The number of carboxylic acids is 1. The summed E-state index contributed by atoms with van der Waals surface area (Å²) in [6, 6.07) is 7.37. The second-order valence-electron chi connectivity index (χ2n) is 3.86. The van der Waals surface area contributed by atoms with Crippen LogP contribution in [-0.2, 0) is 9.59 Å². The number of hydrogen-bond donors (Lipinski definition) is 2. The molecule has 1 unspecified atom stereocenters. The molecule has 2 N–H and O–H groups in total. The van der Waals surface area contributed by atoms with Gasteiger partial charge in [-0.2, -0.15) is 13.2 Å². The van der Waals surface area contributed by atoms with Crippen LogP contribution in [0.2, 0.25) is 0 Å². The number of halogens is 3. The maximum absolute atomic E-state index is 12.0. The maximum atomic E-state index is 12.0. The Morgan fingerprint density at radius 1 is 1.25 bits per heavy atom. The summed E-state index contributed by atoms with van der Waals surface area (Å²) in [6.07, 6.45) is -0.396. The summed E-state index contributed by atoms with van der Waals surface area (Å²) in [6.45, 7) is 0. The molecule has 0 saturated heterocycles. The number of carboxylic acid groups (broad SMARTS) is 1. The molecule has 0 aliphatic heterocycles. The minimum absolute atomic E-state index is 0.396. The number of benzene rings is 1. The van der Waals surface area contributed by atoms with Crippen molar-refractivity contribution >= 4 is 23.6 Å². The van der Waals surface area contributed by atoms with Crippen LogP contribution in [0.4, 0.5) is 13.2 Å². The fourth-order valence-corrected chi connectivity index (χ4v) is 1.87. The first-order valence-electron chi connectivity index (χ1n) is 5.54. The first-order valence-corrected chi connectivity index (χ1v) is 6.53. The molecule has 20 heavy (non-hydrogen) atoms. The molecular weight excluding hydrogens is 295 g/mol. The van der Waals surface area contributed by atoms with E-state index in [-0.39, 0.29) is 0 Å². The van der Waals surface area contributed by atoms with E-state index in [0.29, 0.717) is 5.56 Å². The molecule has 0 saturated carbocycles. The number of thioether (sulfide) groups is 1. The molecule has 0 heterocycles. The van der Waals surface area contributed by atoms with Gasteiger partial charge in [0.15, 0.2) is 0 Å². The van der Waals surface area contributed by atoms with Crippen molar-refractivity contribution in [3.8, 4) is 0 Å². The molecule has 0 aliphatic carbocycles. The topological polar surface area (TPSA) is 66.4 Å². The van der Waals surface area contributed by atoms with Crippen LogP contribution in [0.15, 0.2) is 30.3 Å². The molecule has 0 bridgehead atoms. The number of nitrogens with one attached hydrogen (secondary N) is 1. The fraction of sp³-hybridized carbons (Fsp3) is 0.333. The van der Waals surface area contributed by atoms with Crippen molar-refractivity contribution in [2.75, 3.05) is 5.75 Å². The van der Waals surface area contributed by atoms with Crippen LogP contribution in [0.25, 0.3) is 0 Å². The van der Waals surface area contributed by atoms with Gasteiger partial charge in [0.2, 0.25) is 5.91 Å². The van der Waals surface area contributed by atoms with Gasteiger partial charge in [0.05, 0.1) is 18.2 Å². The zero-order valence-electron chi connectivity index (χ0n) is 10.2. The van der Waals surface area contributed by atoms with E-state index < -0.39 is 47.4 Å². The summed E-state index contributed by atoms with van der Waals surface area (Å²) in [7, 11) is 0. The van der Waals surface area contributed by atoms with Gasteiger partial charge < -0.3 is 10.4 Å². The molecule has 0 aromatic heterocycles. The van der Waals surface area contributed by atoms with Crippen LogP contribution in [0, 0.1) is 0 Å². The third kappa shape index (κ3) is 6.46. The first kappa shape index (κ1) is 16.4. The van der Waals surface area contributed by atoms with E-state index >= 15 is 0 Å². The summed E-state index contributed by atoms with van der Waals surface area (Å²) >= 11 is -0.462. The van der Waals surface area contributed by atoms with Gasteiger partial charge in [0, 0.05) is 0 Å². The Labute approximate surface area is 117 Å². The van der Waals surface area contributed by atoms with Gasteiger partial charge in [0.25, 0.3) is 0 Å². The van der Waals surface area contributed by atoms with E-state index in [1.807, 2.05) is 0 Å². The molecule has 4 nitrogen and oxygen atoms in total. The standard InChI is InChI=1S/C12H12F3NO3S/c13-12(14,15)20-7-10(17)16-9(6-11(18)19)8-4-2-1-3-5-8/h1-5,9H,6-7H2,(H,16,17)(H,18,19). The van der Waals surface area contributed by atoms with Crippen molar-refractivity contribution in [1.82, 2.24) is 5.32 Å². The number of rotatable bonds is 6. The Hall–Kier alpha value is -1.70. The predicted molar refractivity (Wildman–Crippen MR) is 68.1 cm³/mol. The highest BCUT2D eigenvalue weighted by Gasteiger charge is 2.29. The van der Waals surface area contributed by atoms with Crippen molar-refractivity contribution < 1.29 is 27.9 Å². The minimum Gasteiger partial charge on any atom is -0.481 e. The zero-order chi connectivity index (χ0) is 15.2. The van der Waals surface area contributed by atoms with Crippen molar-refractivity contribution in [3.63, 3.8) is 0 Å². The van der Waals surface area contributed by atoms with Crippen LogP contribution in [0.3, 0.4) is 0 Å². The van der Waals surface area contributed by atoms with Gasteiger partial charge in [-0.15, -0.1) is 0 Å². The third-order valence-electron chi connectivity index (χ3n) is 2.28. The number of hydrogen-bond acceptors (Lipinski definition) is 3. The molecule has 1 aromatic carbocycles. The van der Waals surface area contributed by atoms with Crippen LogP contribution in [0.1, 0.15) is 18.0 Å². The maximum Gasteiger partial charge on any atom is 0.442 e. The van der Waals surface area contributed by atoms with Crippen LogP contribution in [0.5, 0.6) is 0 Å². The average molecular weight is 307 g/mol. The summed E-state index contributed by atoms with van der Waals surface area (Å²) in [5.74, 6) is -2.81. The third-order valence-corrected chi connectivity index (χ3v) is 3.02. The van der Waals surface area contributed by atoms with E-state index in [1.165, 1.54) is 0 Å². The molecule has 8 heteroatoms. The van der Waals surface area contributed by atoms with E-state index in [4.69, 9.17) is 5.11 Å². The molecule has 0 spiro atoms. The van der Waals surface area contributed by atoms with E-state index in [1.54, 1.807) is 30.3 Å². The van der Waals surface area contributed by atoms with Gasteiger partial charge in [-0.3, -0.25) is 9.59 Å². The molecule has 0 fully saturated rings. The molecular formula is C12H12F3NO3S. The Bertz CT molecular complexity index is 465. The SMILES string of the molecule is O=C(O)CC(NC(=O)CSC(F)(F)F)c1ccccc1. The molecule has 1 aromatic rings. The molecule has 1 rings (SSSR count).